The molecule has 23 heavy (non-hydrogen) atoms. The fourth-order valence-corrected chi connectivity index (χ4v) is 1.85. The number of carbonyl (C=O) groups excluding carboxylic acids is 2. The SMILES string of the molecule is Cc1cc(C(=O)NNC(=O)C(C)Oc2cccc(C)c2C)no1. The van der Waals surface area contributed by atoms with Crippen molar-refractivity contribution in [3.8, 4) is 5.75 Å². The van der Waals surface area contributed by atoms with Crippen LogP contribution in [0.25, 0.3) is 0 Å². The molecule has 0 saturated carbocycles. The number of aromatic nitrogens is 1. The predicted molar refractivity (Wildman–Crippen MR) is 82.9 cm³/mol. The predicted octanol–water partition coefficient (Wildman–Crippen LogP) is 1.83. The van der Waals surface area contributed by atoms with E-state index in [0.29, 0.717) is 11.5 Å². The third-order valence-corrected chi connectivity index (χ3v) is 3.39. The van der Waals surface area contributed by atoms with Crippen molar-refractivity contribution in [2.45, 2.75) is 33.8 Å². The average Bonchev–Trinajstić information content (AvgIpc) is 2.95. The second kappa shape index (κ2) is 6.95. The summed E-state index contributed by atoms with van der Waals surface area (Å²) in [4.78, 5) is 23.7. The van der Waals surface area contributed by atoms with Crippen LogP contribution in [0.15, 0.2) is 28.8 Å². The molecule has 1 unspecified atom stereocenters. The van der Waals surface area contributed by atoms with E-state index in [9.17, 15) is 9.59 Å². The molecule has 0 aliphatic rings. The summed E-state index contributed by atoms with van der Waals surface area (Å²) in [5.74, 6) is 0.104. The van der Waals surface area contributed by atoms with Crippen LogP contribution in [0.5, 0.6) is 5.75 Å². The molecule has 0 bridgehead atoms. The topological polar surface area (TPSA) is 93.5 Å². The largest absolute Gasteiger partial charge is 0.481 e. The van der Waals surface area contributed by atoms with E-state index in [2.05, 4.69) is 16.0 Å². The maximum atomic E-state index is 12.0. The van der Waals surface area contributed by atoms with E-state index in [1.807, 2.05) is 26.0 Å². The standard InChI is InChI=1S/C16H19N3O4/c1-9-6-5-7-14(11(9)3)22-12(4)15(20)17-18-16(21)13-8-10(2)23-19-13/h5-8,12H,1-4H3,(H,17,20)(H,18,21). The summed E-state index contributed by atoms with van der Waals surface area (Å²) >= 11 is 0. The van der Waals surface area contributed by atoms with Crippen molar-refractivity contribution in [2.75, 3.05) is 0 Å². The zero-order valence-electron chi connectivity index (χ0n) is 13.5. The van der Waals surface area contributed by atoms with Crippen molar-refractivity contribution in [2.24, 2.45) is 0 Å². The second-order valence-corrected chi connectivity index (χ2v) is 5.22. The Labute approximate surface area is 134 Å². The highest BCUT2D eigenvalue weighted by Crippen LogP contribution is 2.21. The van der Waals surface area contributed by atoms with Gasteiger partial charge in [0.15, 0.2) is 11.8 Å². The molecular weight excluding hydrogens is 298 g/mol. The molecule has 7 heteroatoms. The number of amides is 2. The summed E-state index contributed by atoms with van der Waals surface area (Å²) in [5, 5.41) is 3.56. The summed E-state index contributed by atoms with van der Waals surface area (Å²) < 4.78 is 10.4. The normalized spacial score (nSPS) is 11.7. The molecule has 0 spiro atoms. The highest BCUT2D eigenvalue weighted by Gasteiger charge is 2.18. The summed E-state index contributed by atoms with van der Waals surface area (Å²) in [5.41, 5.74) is 6.69. The summed E-state index contributed by atoms with van der Waals surface area (Å²) in [6, 6.07) is 7.09. The van der Waals surface area contributed by atoms with Crippen LogP contribution in [0.3, 0.4) is 0 Å². The minimum Gasteiger partial charge on any atom is -0.481 e. The molecule has 0 saturated heterocycles. The first kappa shape index (κ1) is 16.5. The maximum Gasteiger partial charge on any atom is 0.291 e. The zero-order chi connectivity index (χ0) is 17.0. The Hall–Kier alpha value is -2.83. The Morgan fingerprint density at radius 2 is 1.96 bits per heavy atom. The van der Waals surface area contributed by atoms with Crippen molar-refractivity contribution in [3.05, 3.63) is 46.8 Å². The van der Waals surface area contributed by atoms with E-state index in [1.165, 1.54) is 6.07 Å². The molecule has 0 fully saturated rings. The van der Waals surface area contributed by atoms with Gasteiger partial charge in [0.1, 0.15) is 11.5 Å². The fourth-order valence-electron chi connectivity index (χ4n) is 1.85. The third kappa shape index (κ3) is 4.09. The number of nitrogens with zero attached hydrogens (tertiary/aromatic N) is 1. The highest BCUT2D eigenvalue weighted by molar-refractivity contribution is 5.94. The second-order valence-electron chi connectivity index (χ2n) is 5.22. The Morgan fingerprint density at radius 3 is 2.61 bits per heavy atom. The molecule has 1 heterocycles. The van der Waals surface area contributed by atoms with Crippen LogP contribution in [-0.2, 0) is 4.79 Å². The number of hydrazine groups is 1. The highest BCUT2D eigenvalue weighted by atomic mass is 16.5. The molecule has 122 valence electrons. The van der Waals surface area contributed by atoms with Gasteiger partial charge < -0.3 is 9.26 Å². The van der Waals surface area contributed by atoms with Gasteiger partial charge in [0.25, 0.3) is 11.8 Å². The molecule has 7 nitrogen and oxygen atoms in total. The molecular formula is C16H19N3O4. The van der Waals surface area contributed by atoms with Gasteiger partial charge >= 0.3 is 0 Å². The summed E-state index contributed by atoms with van der Waals surface area (Å²) in [6.45, 7) is 7.16. The fraction of sp³-hybridized carbons (Fsp3) is 0.312. The molecule has 2 rings (SSSR count). The van der Waals surface area contributed by atoms with Gasteiger partial charge in [-0.05, 0) is 44.9 Å². The lowest BCUT2D eigenvalue weighted by atomic mass is 10.1. The number of carbonyl (C=O) groups is 2. The lowest BCUT2D eigenvalue weighted by molar-refractivity contribution is -0.128. The quantitative estimate of drug-likeness (QED) is 0.839. The number of nitrogens with one attached hydrogen (secondary N) is 2. The molecule has 1 aromatic carbocycles. The van der Waals surface area contributed by atoms with Crippen molar-refractivity contribution in [3.63, 3.8) is 0 Å². The van der Waals surface area contributed by atoms with Gasteiger partial charge in [-0.2, -0.15) is 0 Å². The van der Waals surface area contributed by atoms with E-state index in [-0.39, 0.29) is 5.69 Å². The minimum atomic E-state index is -0.769. The Morgan fingerprint density at radius 1 is 1.22 bits per heavy atom. The first-order chi connectivity index (χ1) is 10.9. The van der Waals surface area contributed by atoms with Gasteiger partial charge in [-0.15, -0.1) is 0 Å². The molecule has 0 aliphatic carbocycles. The van der Waals surface area contributed by atoms with E-state index in [0.717, 1.165) is 11.1 Å². The summed E-state index contributed by atoms with van der Waals surface area (Å²) in [6.07, 6.45) is -0.769. The molecule has 2 amide bonds. The Balaban J connectivity index is 1.90. The van der Waals surface area contributed by atoms with Crippen LogP contribution in [0.4, 0.5) is 0 Å². The van der Waals surface area contributed by atoms with Gasteiger partial charge in [0, 0.05) is 6.07 Å². The molecule has 0 aliphatic heterocycles. The Kier molecular flexibility index (Phi) is 5.00. The van der Waals surface area contributed by atoms with Gasteiger partial charge in [0.05, 0.1) is 0 Å². The van der Waals surface area contributed by atoms with E-state index >= 15 is 0 Å². The van der Waals surface area contributed by atoms with Crippen LogP contribution in [0.2, 0.25) is 0 Å². The van der Waals surface area contributed by atoms with Gasteiger partial charge in [-0.3, -0.25) is 20.4 Å². The van der Waals surface area contributed by atoms with Crippen molar-refractivity contribution in [1.82, 2.24) is 16.0 Å². The van der Waals surface area contributed by atoms with Gasteiger partial charge in [0.2, 0.25) is 0 Å². The molecule has 1 aromatic heterocycles. The molecule has 1 atom stereocenters. The number of ether oxygens (including phenoxy) is 1. The number of hydrogen-bond acceptors (Lipinski definition) is 5. The average molecular weight is 317 g/mol. The first-order valence-corrected chi connectivity index (χ1v) is 7.15. The number of hydrogen-bond donors (Lipinski definition) is 2. The lowest BCUT2D eigenvalue weighted by Crippen LogP contribution is -2.47. The number of benzene rings is 1. The number of aryl methyl sites for hydroxylation is 2. The molecule has 2 N–H and O–H groups in total. The maximum absolute atomic E-state index is 12.0. The van der Waals surface area contributed by atoms with Gasteiger partial charge in [-0.25, -0.2) is 0 Å². The molecule has 0 radical (unpaired) electrons. The van der Waals surface area contributed by atoms with Gasteiger partial charge in [-0.1, -0.05) is 17.3 Å². The monoisotopic (exact) mass is 317 g/mol. The van der Waals surface area contributed by atoms with E-state index in [4.69, 9.17) is 9.26 Å². The number of rotatable bonds is 4. The van der Waals surface area contributed by atoms with Crippen molar-refractivity contribution < 1.29 is 18.8 Å². The smallest absolute Gasteiger partial charge is 0.291 e. The summed E-state index contributed by atoms with van der Waals surface area (Å²) in [7, 11) is 0. The van der Waals surface area contributed by atoms with Crippen LogP contribution < -0.4 is 15.6 Å². The zero-order valence-corrected chi connectivity index (χ0v) is 13.5. The van der Waals surface area contributed by atoms with Crippen LogP contribution in [-0.4, -0.2) is 23.1 Å². The lowest BCUT2D eigenvalue weighted by Gasteiger charge is -2.17. The van der Waals surface area contributed by atoms with E-state index < -0.39 is 17.9 Å². The third-order valence-electron chi connectivity index (χ3n) is 3.39. The van der Waals surface area contributed by atoms with Crippen LogP contribution in [0, 0.1) is 20.8 Å². The molecule has 2 aromatic rings. The van der Waals surface area contributed by atoms with Crippen molar-refractivity contribution in [1.29, 1.82) is 0 Å². The van der Waals surface area contributed by atoms with E-state index in [1.54, 1.807) is 19.9 Å². The van der Waals surface area contributed by atoms with Crippen molar-refractivity contribution >= 4 is 11.8 Å². The Bertz CT molecular complexity index is 724. The van der Waals surface area contributed by atoms with Crippen LogP contribution in [0.1, 0.15) is 34.3 Å². The van der Waals surface area contributed by atoms with Crippen LogP contribution >= 0.6 is 0 Å². The minimum absolute atomic E-state index is 0.0888. The first-order valence-electron chi connectivity index (χ1n) is 7.15.